The summed E-state index contributed by atoms with van der Waals surface area (Å²) in [6.45, 7) is 0.765. The minimum absolute atomic E-state index is 0.356. The van der Waals surface area contributed by atoms with Crippen LogP contribution in [0, 0.1) is 11.3 Å². The van der Waals surface area contributed by atoms with Gasteiger partial charge in [0.1, 0.15) is 5.82 Å². The zero-order valence-electron chi connectivity index (χ0n) is 10.6. The van der Waals surface area contributed by atoms with Crippen molar-refractivity contribution in [1.29, 1.82) is 5.26 Å². The lowest BCUT2D eigenvalue weighted by Gasteiger charge is -2.06. The molecule has 0 aliphatic heterocycles. The molecule has 1 aromatic carbocycles. The first kappa shape index (κ1) is 13.1. The molecule has 0 unspecified atom stereocenters. The highest BCUT2D eigenvalue weighted by molar-refractivity contribution is 7.09. The van der Waals surface area contributed by atoms with Gasteiger partial charge in [-0.05, 0) is 18.2 Å². The summed E-state index contributed by atoms with van der Waals surface area (Å²) in [5.41, 5.74) is 2.46. The number of alkyl halides is 1. The summed E-state index contributed by atoms with van der Waals surface area (Å²) >= 11 is 7.62. The molecular weight excluding hydrogens is 292 g/mol. The lowest BCUT2D eigenvalue weighted by molar-refractivity contribution is 0.685. The third-order valence-electron chi connectivity index (χ3n) is 3.11. The highest BCUT2D eigenvalue weighted by Gasteiger charge is 2.11. The SMILES string of the molecule is N#Cc1ccc2nc(CCl)n(CCc3nccs3)c2c1. The number of imidazole rings is 1. The predicted octanol–water partition coefficient (Wildman–Crippen LogP) is 3.35. The van der Waals surface area contributed by atoms with Crippen LogP contribution in [0.4, 0.5) is 0 Å². The largest absolute Gasteiger partial charge is 0.327 e. The van der Waals surface area contributed by atoms with Gasteiger partial charge < -0.3 is 4.57 Å². The van der Waals surface area contributed by atoms with E-state index in [9.17, 15) is 0 Å². The third kappa shape index (κ3) is 2.40. The monoisotopic (exact) mass is 302 g/mol. The Morgan fingerprint density at radius 2 is 2.30 bits per heavy atom. The van der Waals surface area contributed by atoms with Crippen LogP contribution in [0.2, 0.25) is 0 Å². The van der Waals surface area contributed by atoms with Crippen molar-refractivity contribution < 1.29 is 0 Å². The van der Waals surface area contributed by atoms with E-state index >= 15 is 0 Å². The zero-order valence-corrected chi connectivity index (χ0v) is 12.2. The van der Waals surface area contributed by atoms with Gasteiger partial charge >= 0.3 is 0 Å². The number of hydrogen-bond acceptors (Lipinski definition) is 4. The molecule has 3 aromatic rings. The molecule has 0 atom stereocenters. The summed E-state index contributed by atoms with van der Waals surface area (Å²) in [7, 11) is 0. The van der Waals surface area contributed by atoms with Crippen molar-refractivity contribution in [1.82, 2.24) is 14.5 Å². The number of aryl methyl sites for hydroxylation is 2. The first-order valence-electron chi connectivity index (χ1n) is 6.15. The molecule has 0 fully saturated rings. The van der Waals surface area contributed by atoms with Gasteiger partial charge in [0, 0.05) is 24.5 Å². The van der Waals surface area contributed by atoms with Gasteiger partial charge in [-0.15, -0.1) is 22.9 Å². The summed E-state index contributed by atoms with van der Waals surface area (Å²) in [4.78, 5) is 8.80. The average molecular weight is 303 g/mol. The van der Waals surface area contributed by atoms with Crippen LogP contribution in [-0.2, 0) is 18.8 Å². The van der Waals surface area contributed by atoms with Gasteiger partial charge in [0.2, 0.25) is 0 Å². The van der Waals surface area contributed by atoms with Crippen molar-refractivity contribution in [2.75, 3.05) is 0 Å². The molecule has 4 nitrogen and oxygen atoms in total. The smallest absolute Gasteiger partial charge is 0.124 e. The van der Waals surface area contributed by atoms with Crippen LogP contribution in [0.3, 0.4) is 0 Å². The van der Waals surface area contributed by atoms with Crippen molar-refractivity contribution >= 4 is 34.0 Å². The number of nitriles is 1. The highest BCUT2D eigenvalue weighted by Crippen LogP contribution is 2.20. The quantitative estimate of drug-likeness (QED) is 0.695. The number of halogens is 1. The van der Waals surface area contributed by atoms with Gasteiger partial charge in [-0.3, -0.25) is 0 Å². The first-order chi connectivity index (χ1) is 9.81. The summed E-state index contributed by atoms with van der Waals surface area (Å²) in [6.07, 6.45) is 2.64. The maximum atomic E-state index is 9.02. The van der Waals surface area contributed by atoms with E-state index in [4.69, 9.17) is 16.9 Å². The minimum Gasteiger partial charge on any atom is -0.327 e. The Hall–Kier alpha value is -1.90. The zero-order chi connectivity index (χ0) is 13.9. The maximum absolute atomic E-state index is 9.02. The first-order valence-corrected chi connectivity index (χ1v) is 7.57. The fourth-order valence-corrected chi connectivity index (χ4v) is 2.99. The predicted molar refractivity (Wildman–Crippen MR) is 79.8 cm³/mol. The number of benzene rings is 1. The standard InChI is InChI=1S/C14H11ClN4S/c15-8-13-18-11-2-1-10(9-16)7-12(11)19(13)5-3-14-17-4-6-20-14/h1-2,4,6-7H,3,5,8H2. The van der Waals surface area contributed by atoms with Crippen LogP contribution in [0.1, 0.15) is 16.4 Å². The second-order valence-corrected chi connectivity index (χ2v) is 5.55. The fourth-order valence-electron chi connectivity index (χ4n) is 2.18. The van der Waals surface area contributed by atoms with Crippen molar-refractivity contribution in [2.45, 2.75) is 18.8 Å². The fraction of sp³-hybridized carbons (Fsp3) is 0.214. The van der Waals surface area contributed by atoms with E-state index in [1.165, 1.54) is 0 Å². The summed E-state index contributed by atoms with van der Waals surface area (Å²) in [5.74, 6) is 1.18. The summed E-state index contributed by atoms with van der Waals surface area (Å²) < 4.78 is 2.07. The minimum atomic E-state index is 0.356. The molecule has 6 heteroatoms. The topological polar surface area (TPSA) is 54.5 Å². The molecular formula is C14H11ClN4S. The Balaban J connectivity index is 2.00. The summed E-state index contributed by atoms with van der Waals surface area (Å²) in [6, 6.07) is 7.66. The van der Waals surface area contributed by atoms with Crippen LogP contribution in [0.25, 0.3) is 11.0 Å². The molecule has 20 heavy (non-hydrogen) atoms. The molecule has 0 bridgehead atoms. The van der Waals surface area contributed by atoms with E-state index in [2.05, 4.69) is 20.6 Å². The molecule has 0 aliphatic carbocycles. The number of aromatic nitrogens is 3. The van der Waals surface area contributed by atoms with E-state index in [1.807, 2.05) is 23.7 Å². The normalized spacial score (nSPS) is 10.8. The van der Waals surface area contributed by atoms with E-state index in [-0.39, 0.29) is 0 Å². The van der Waals surface area contributed by atoms with Crippen molar-refractivity contribution in [3.63, 3.8) is 0 Å². The molecule has 0 spiro atoms. The number of nitrogens with zero attached hydrogens (tertiary/aromatic N) is 4. The van der Waals surface area contributed by atoms with Crippen molar-refractivity contribution in [2.24, 2.45) is 0 Å². The Kier molecular flexibility index (Phi) is 3.68. The third-order valence-corrected chi connectivity index (χ3v) is 4.19. The van der Waals surface area contributed by atoms with Crippen LogP contribution < -0.4 is 0 Å². The van der Waals surface area contributed by atoms with Gasteiger partial charge in [-0.25, -0.2) is 9.97 Å². The molecule has 0 amide bonds. The lowest BCUT2D eigenvalue weighted by Crippen LogP contribution is -2.05. The Morgan fingerprint density at radius 3 is 3.00 bits per heavy atom. The van der Waals surface area contributed by atoms with Gasteiger partial charge in [0.15, 0.2) is 0 Å². The van der Waals surface area contributed by atoms with Gasteiger partial charge in [0.05, 0.1) is 33.6 Å². The highest BCUT2D eigenvalue weighted by atomic mass is 35.5. The molecule has 3 rings (SSSR count). The van der Waals surface area contributed by atoms with E-state index < -0.39 is 0 Å². The molecule has 0 saturated heterocycles. The second-order valence-electron chi connectivity index (χ2n) is 4.30. The van der Waals surface area contributed by atoms with E-state index in [1.54, 1.807) is 17.4 Å². The van der Waals surface area contributed by atoms with Crippen molar-refractivity contribution in [3.05, 3.63) is 46.2 Å². The molecule has 0 saturated carbocycles. The van der Waals surface area contributed by atoms with E-state index in [0.29, 0.717) is 11.4 Å². The number of thiazole rings is 1. The Morgan fingerprint density at radius 1 is 1.40 bits per heavy atom. The van der Waals surface area contributed by atoms with Crippen LogP contribution >= 0.6 is 22.9 Å². The molecule has 0 radical (unpaired) electrons. The molecule has 0 aliphatic rings. The molecule has 2 heterocycles. The second kappa shape index (κ2) is 5.61. The molecule has 100 valence electrons. The molecule has 2 aromatic heterocycles. The van der Waals surface area contributed by atoms with Crippen molar-refractivity contribution in [3.8, 4) is 6.07 Å². The number of hydrogen-bond donors (Lipinski definition) is 0. The van der Waals surface area contributed by atoms with Gasteiger partial charge in [-0.1, -0.05) is 0 Å². The van der Waals surface area contributed by atoms with Crippen LogP contribution in [0.15, 0.2) is 29.8 Å². The van der Waals surface area contributed by atoms with Crippen LogP contribution in [-0.4, -0.2) is 14.5 Å². The van der Waals surface area contributed by atoms with Gasteiger partial charge in [0.25, 0.3) is 0 Å². The lowest BCUT2D eigenvalue weighted by atomic mass is 10.2. The molecule has 0 N–H and O–H groups in total. The van der Waals surface area contributed by atoms with E-state index in [0.717, 1.165) is 34.8 Å². The Bertz CT molecular complexity index is 770. The van der Waals surface area contributed by atoms with Crippen LogP contribution in [0.5, 0.6) is 0 Å². The summed E-state index contributed by atoms with van der Waals surface area (Å²) in [5, 5.41) is 12.1. The number of fused-ring (bicyclic) bond motifs is 1. The number of rotatable bonds is 4. The maximum Gasteiger partial charge on any atom is 0.124 e. The average Bonchev–Trinajstić information content (AvgIpc) is 3.11. The van der Waals surface area contributed by atoms with Gasteiger partial charge in [-0.2, -0.15) is 5.26 Å². The Labute approximate surface area is 125 Å².